The topological polar surface area (TPSA) is 55.1 Å². The molecule has 16 heavy (non-hydrogen) atoms. The van der Waals surface area contributed by atoms with Gasteiger partial charge >= 0.3 is 5.97 Å². The van der Waals surface area contributed by atoms with Gasteiger partial charge in [0.15, 0.2) is 0 Å². The number of carboxylic acids is 1. The van der Waals surface area contributed by atoms with Crippen LogP contribution in [0.25, 0.3) is 5.69 Å². The average Bonchev–Trinajstić information content (AvgIpc) is 2.64. The number of aryl methyl sites for hydroxylation is 1. The monoisotopic (exact) mass is 220 g/mol. The SMILES string of the molecule is Cc1nccn1-c1ccc(F)cc1C(=O)O. The molecule has 1 N–H and O–H groups in total. The quantitative estimate of drug-likeness (QED) is 0.842. The van der Waals surface area contributed by atoms with Crippen LogP contribution in [0.2, 0.25) is 0 Å². The lowest BCUT2D eigenvalue weighted by Gasteiger charge is -2.08. The number of hydrogen-bond donors (Lipinski definition) is 1. The molecule has 0 radical (unpaired) electrons. The van der Waals surface area contributed by atoms with E-state index in [2.05, 4.69) is 4.98 Å². The summed E-state index contributed by atoms with van der Waals surface area (Å²) in [5.74, 6) is -1.09. The molecule has 0 saturated carbocycles. The van der Waals surface area contributed by atoms with Crippen molar-refractivity contribution >= 4 is 5.97 Å². The number of hydrogen-bond acceptors (Lipinski definition) is 2. The van der Waals surface area contributed by atoms with E-state index >= 15 is 0 Å². The Bertz CT molecular complexity index is 549. The van der Waals surface area contributed by atoms with Crippen molar-refractivity contribution in [2.45, 2.75) is 6.92 Å². The predicted molar refractivity (Wildman–Crippen MR) is 55.2 cm³/mol. The highest BCUT2D eigenvalue weighted by molar-refractivity contribution is 5.92. The number of rotatable bonds is 2. The number of carbonyl (C=O) groups is 1. The summed E-state index contributed by atoms with van der Waals surface area (Å²) in [4.78, 5) is 15.0. The van der Waals surface area contributed by atoms with Crippen molar-refractivity contribution < 1.29 is 14.3 Å². The van der Waals surface area contributed by atoms with Crippen molar-refractivity contribution in [1.29, 1.82) is 0 Å². The molecule has 0 saturated heterocycles. The van der Waals surface area contributed by atoms with E-state index in [0.29, 0.717) is 11.5 Å². The van der Waals surface area contributed by atoms with Gasteiger partial charge in [0, 0.05) is 12.4 Å². The van der Waals surface area contributed by atoms with Crippen molar-refractivity contribution in [1.82, 2.24) is 9.55 Å². The Morgan fingerprint density at radius 1 is 1.50 bits per heavy atom. The summed E-state index contributed by atoms with van der Waals surface area (Å²) in [5, 5.41) is 8.98. The predicted octanol–water partition coefficient (Wildman–Crippen LogP) is 2.02. The van der Waals surface area contributed by atoms with E-state index in [1.165, 1.54) is 12.1 Å². The van der Waals surface area contributed by atoms with Gasteiger partial charge in [-0.05, 0) is 25.1 Å². The third-order valence-corrected chi connectivity index (χ3v) is 2.27. The van der Waals surface area contributed by atoms with Gasteiger partial charge in [-0.3, -0.25) is 0 Å². The second kappa shape index (κ2) is 3.77. The summed E-state index contributed by atoms with van der Waals surface area (Å²) in [5.41, 5.74) is 0.324. The number of aromatic nitrogens is 2. The molecule has 0 amide bonds. The molecule has 82 valence electrons. The van der Waals surface area contributed by atoms with Gasteiger partial charge in [-0.1, -0.05) is 0 Å². The zero-order valence-corrected chi connectivity index (χ0v) is 8.51. The second-order valence-electron chi connectivity index (χ2n) is 3.31. The van der Waals surface area contributed by atoms with Crippen LogP contribution >= 0.6 is 0 Å². The third-order valence-electron chi connectivity index (χ3n) is 2.27. The fraction of sp³-hybridized carbons (Fsp3) is 0.0909. The van der Waals surface area contributed by atoms with E-state index < -0.39 is 11.8 Å². The fourth-order valence-electron chi connectivity index (χ4n) is 1.52. The van der Waals surface area contributed by atoms with Crippen LogP contribution in [0.3, 0.4) is 0 Å². The molecule has 0 spiro atoms. The van der Waals surface area contributed by atoms with Crippen LogP contribution in [0.15, 0.2) is 30.6 Å². The number of aromatic carboxylic acids is 1. The van der Waals surface area contributed by atoms with Crippen LogP contribution in [0.5, 0.6) is 0 Å². The highest BCUT2D eigenvalue weighted by Crippen LogP contribution is 2.17. The molecule has 0 atom stereocenters. The van der Waals surface area contributed by atoms with E-state index in [-0.39, 0.29) is 5.56 Å². The minimum absolute atomic E-state index is 0.0823. The molecule has 0 aliphatic rings. The second-order valence-corrected chi connectivity index (χ2v) is 3.31. The summed E-state index contributed by atoms with van der Waals surface area (Å²) in [7, 11) is 0. The number of carboxylic acid groups (broad SMARTS) is 1. The summed E-state index contributed by atoms with van der Waals surface area (Å²) >= 11 is 0. The average molecular weight is 220 g/mol. The van der Waals surface area contributed by atoms with E-state index in [9.17, 15) is 9.18 Å². The maximum absolute atomic E-state index is 13.0. The summed E-state index contributed by atoms with van der Waals surface area (Å²) in [6.45, 7) is 1.75. The first-order chi connectivity index (χ1) is 7.59. The molecule has 4 nitrogen and oxygen atoms in total. The first-order valence-corrected chi connectivity index (χ1v) is 4.63. The maximum Gasteiger partial charge on any atom is 0.337 e. The highest BCUT2D eigenvalue weighted by atomic mass is 19.1. The third kappa shape index (κ3) is 1.67. The smallest absolute Gasteiger partial charge is 0.337 e. The number of benzene rings is 1. The highest BCUT2D eigenvalue weighted by Gasteiger charge is 2.13. The summed E-state index contributed by atoms with van der Waals surface area (Å²) < 4.78 is 14.6. The van der Waals surface area contributed by atoms with Crippen LogP contribution < -0.4 is 0 Å². The van der Waals surface area contributed by atoms with E-state index in [0.717, 1.165) is 6.07 Å². The number of imidazole rings is 1. The summed E-state index contributed by atoms with van der Waals surface area (Å²) in [6, 6.07) is 3.64. The van der Waals surface area contributed by atoms with Crippen molar-refractivity contribution in [2.24, 2.45) is 0 Å². The Labute approximate surface area is 91.0 Å². The summed E-state index contributed by atoms with van der Waals surface area (Å²) in [6.07, 6.45) is 3.19. The molecule has 0 aliphatic heterocycles. The van der Waals surface area contributed by atoms with Gasteiger partial charge in [-0.15, -0.1) is 0 Å². The van der Waals surface area contributed by atoms with Crippen LogP contribution in [-0.2, 0) is 0 Å². The van der Waals surface area contributed by atoms with Gasteiger partial charge in [0.1, 0.15) is 11.6 Å². The van der Waals surface area contributed by atoms with Gasteiger partial charge in [-0.25, -0.2) is 14.2 Å². The Morgan fingerprint density at radius 3 is 2.81 bits per heavy atom. The molecule has 2 rings (SSSR count). The molecule has 1 aromatic heterocycles. The van der Waals surface area contributed by atoms with Crippen molar-refractivity contribution in [2.75, 3.05) is 0 Å². The Kier molecular flexibility index (Phi) is 2.44. The molecule has 1 aromatic carbocycles. The van der Waals surface area contributed by atoms with Gasteiger partial charge in [0.2, 0.25) is 0 Å². The lowest BCUT2D eigenvalue weighted by Crippen LogP contribution is -2.06. The van der Waals surface area contributed by atoms with Crippen molar-refractivity contribution in [3.63, 3.8) is 0 Å². The van der Waals surface area contributed by atoms with Gasteiger partial charge in [0.05, 0.1) is 11.3 Å². The number of nitrogens with zero attached hydrogens (tertiary/aromatic N) is 2. The van der Waals surface area contributed by atoms with Crippen LogP contribution in [0.4, 0.5) is 4.39 Å². The fourth-order valence-corrected chi connectivity index (χ4v) is 1.52. The molecule has 2 aromatic rings. The zero-order valence-electron chi connectivity index (χ0n) is 8.51. The van der Waals surface area contributed by atoms with E-state index in [1.807, 2.05) is 0 Å². The lowest BCUT2D eigenvalue weighted by molar-refractivity contribution is 0.0696. The van der Waals surface area contributed by atoms with Gasteiger partial charge in [-0.2, -0.15) is 0 Å². The molecule has 1 heterocycles. The molecule has 0 aliphatic carbocycles. The maximum atomic E-state index is 13.0. The van der Waals surface area contributed by atoms with Gasteiger partial charge < -0.3 is 9.67 Å². The molecular formula is C11H9FN2O2. The molecular weight excluding hydrogens is 211 g/mol. The Hall–Kier alpha value is -2.17. The normalized spacial score (nSPS) is 10.4. The molecule has 0 fully saturated rings. The minimum Gasteiger partial charge on any atom is -0.478 e. The van der Waals surface area contributed by atoms with Crippen molar-refractivity contribution in [3.05, 3.63) is 47.8 Å². The molecule has 0 bridgehead atoms. The standard InChI is InChI=1S/C11H9FN2O2/c1-7-13-4-5-14(7)10-3-2-8(12)6-9(10)11(15)16/h2-6H,1H3,(H,15,16). The van der Waals surface area contributed by atoms with Crippen molar-refractivity contribution in [3.8, 4) is 5.69 Å². The van der Waals surface area contributed by atoms with Crippen LogP contribution in [0.1, 0.15) is 16.2 Å². The van der Waals surface area contributed by atoms with Crippen LogP contribution in [0, 0.1) is 12.7 Å². The molecule has 0 unspecified atom stereocenters. The van der Waals surface area contributed by atoms with E-state index in [4.69, 9.17) is 5.11 Å². The van der Waals surface area contributed by atoms with E-state index in [1.54, 1.807) is 23.9 Å². The first-order valence-electron chi connectivity index (χ1n) is 4.63. The van der Waals surface area contributed by atoms with Crippen LogP contribution in [-0.4, -0.2) is 20.6 Å². The minimum atomic E-state index is -1.16. The Balaban J connectivity index is 2.65. The Morgan fingerprint density at radius 2 is 2.25 bits per heavy atom. The first kappa shape index (κ1) is 10.4. The lowest BCUT2D eigenvalue weighted by atomic mass is 10.1. The largest absolute Gasteiger partial charge is 0.478 e. The molecule has 5 heteroatoms. The zero-order chi connectivity index (χ0) is 11.7. The van der Waals surface area contributed by atoms with Gasteiger partial charge in [0.25, 0.3) is 0 Å². The number of halogens is 1.